The Balaban J connectivity index is 3.10. The van der Waals surface area contributed by atoms with E-state index in [1.807, 2.05) is 19.6 Å². The first kappa shape index (κ1) is 18.3. The predicted molar refractivity (Wildman–Crippen MR) is 82.3 cm³/mol. The fourth-order valence-electron chi connectivity index (χ4n) is 1.76. The molecule has 2 nitrogen and oxygen atoms in total. The Morgan fingerprint density at radius 2 is 1.77 bits per heavy atom. The number of hydrogen-bond donors (Lipinski definition) is 0. The van der Waals surface area contributed by atoms with Gasteiger partial charge in [0.1, 0.15) is 8.07 Å². The van der Waals surface area contributed by atoms with E-state index in [2.05, 4.69) is 16.2 Å². The van der Waals surface area contributed by atoms with E-state index in [0.29, 0.717) is 11.1 Å². The lowest BCUT2D eigenvalue weighted by Crippen LogP contribution is -2.18. The van der Waals surface area contributed by atoms with Crippen molar-refractivity contribution in [3.05, 3.63) is 35.4 Å². The van der Waals surface area contributed by atoms with Gasteiger partial charge in [0.2, 0.25) is 0 Å². The molecule has 0 aliphatic carbocycles. The molecule has 0 saturated heterocycles. The van der Waals surface area contributed by atoms with Gasteiger partial charge in [-0.05, 0) is 17.7 Å². The molecule has 0 heterocycles. The Labute approximate surface area is 129 Å². The van der Waals surface area contributed by atoms with Gasteiger partial charge in [-0.3, -0.25) is 0 Å². The van der Waals surface area contributed by atoms with Gasteiger partial charge >= 0.3 is 12.1 Å². The van der Waals surface area contributed by atoms with Crippen LogP contribution in [0.5, 0.6) is 0 Å². The highest BCUT2D eigenvalue weighted by molar-refractivity contribution is 6.83. The minimum absolute atomic E-state index is 0.301. The molecule has 0 spiro atoms. The zero-order chi connectivity index (χ0) is 17.0. The standard InChI is InChI=1S/C16H19F3O2Si/c1-21-15(20)13-7-5-12(6-8-13)14(11-16(17,18)19)9-10-22(2,3)4/h5-8,14H,11H2,1-4H3/t14-/m0/s1. The van der Waals surface area contributed by atoms with Gasteiger partial charge in [0.05, 0.1) is 25.0 Å². The lowest BCUT2D eigenvalue weighted by molar-refractivity contribution is -0.136. The van der Waals surface area contributed by atoms with Crippen molar-refractivity contribution in [2.24, 2.45) is 0 Å². The topological polar surface area (TPSA) is 26.3 Å². The van der Waals surface area contributed by atoms with E-state index < -0.39 is 32.6 Å². The van der Waals surface area contributed by atoms with Crippen molar-refractivity contribution >= 4 is 14.0 Å². The van der Waals surface area contributed by atoms with Crippen molar-refractivity contribution in [1.82, 2.24) is 0 Å². The van der Waals surface area contributed by atoms with E-state index in [4.69, 9.17) is 0 Å². The molecule has 0 fully saturated rings. The number of alkyl halides is 3. The molecular formula is C16H19F3O2Si. The van der Waals surface area contributed by atoms with Crippen LogP contribution in [0.25, 0.3) is 0 Å². The summed E-state index contributed by atoms with van der Waals surface area (Å²) < 4.78 is 42.8. The second kappa shape index (κ2) is 7.01. The summed E-state index contributed by atoms with van der Waals surface area (Å²) in [7, 11) is -0.513. The molecule has 0 unspecified atom stereocenters. The lowest BCUT2D eigenvalue weighted by atomic mass is 9.95. The molecule has 0 aliphatic rings. The molecule has 0 aromatic heterocycles. The third-order valence-electron chi connectivity index (χ3n) is 2.79. The van der Waals surface area contributed by atoms with Crippen LogP contribution in [-0.2, 0) is 4.74 Å². The van der Waals surface area contributed by atoms with Gasteiger partial charge in [0, 0.05) is 0 Å². The van der Waals surface area contributed by atoms with Gasteiger partial charge in [-0.1, -0.05) is 31.8 Å². The lowest BCUT2D eigenvalue weighted by Gasteiger charge is -2.15. The van der Waals surface area contributed by atoms with Crippen molar-refractivity contribution in [3.63, 3.8) is 0 Å². The summed E-state index contributed by atoms with van der Waals surface area (Å²) in [6, 6.07) is 5.92. The maximum Gasteiger partial charge on any atom is 0.390 e. The number of ether oxygens (including phenoxy) is 1. The predicted octanol–water partition coefficient (Wildman–Crippen LogP) is 4.39. The summed E-state index contributed by atoms with van der Waals surface area (Å²) in [5.41, 5.74) is 3.74. The number of hydrogen-bond acceptors (Lipinski definition) is 2. The van der Waals surface area contributed by atoms with E-state index in [1.165, 1.54) is 31.4 Å². The first-order chi connectivity index (χ1) is 10.0. The minimum Gasteiger partial charge on any atom is -0.465 e. The third-order valence-corrected chi connectivity index (χ3v) is 3.69. The summed E-state index contributed by atoms with van der Waals surface area (Å²) >= 11 is 0. The quantitative estimate of drug-likeness (QED) is 0.467. The molecule has 0 N–H and O–H groups in total. The van der Waals surface area contributed by atoms with Gasteiger partial charge in [-0.15, -0.1) is 11.5 Å². The zero-order valence-electron chi connectivity index (χ0n) is 13.0. The number of benzene rings is 1. The number of esters is 1. The first-order valence-electron chi connectivity index (χ1n) is 6.79. The van der Waals surface area contributed by atoms with Gasteiger partial charge < -0.3 is 4.74 Å². The number of methoxy groups -OCH3 is 1. The Bertz CT molecular complexity index is 575. The maximum absolute atomic E-state index is 12.7. The van der Waals surface area contributed by atoms with Crippen molar-refractivity contribution < 1.29 is 22.7 Å². The number of rotatable bonds is 3. The fourth-order valence-corrected chi connectivity index (χ4v) is 2.36. The van der Waals surface area contributed by atoms with Crippen molar-refractivity contribution in [2.45, 2.75) is 38.2 Å². The van der Waals surface area contributed by atoms with Crippen LogP contribution in [0.2, 0.25) is 19.6 Å². The molecule has 0 radical (unpaired) electrons. The molecule has 6 heteroatoms. The van der Waals surface area contributed by atoms with Crippen molar-refractivity contribution in [3.8, 4) is 11.5 Å². The summed E-state index contributed by atoms with van der Waals surface area (Å²) in [4.78, 5) is 11.4. The molecule has 0 saturated carbocycles. The highest BCUT2D eigenvalue weighted by Gasteiger charge is 2.32. The largest absolute Gasteiger partial charge is 0.465 e. The number of halogens is 3. The highest BCUT2D eigenvalue weighted by atomic mass is 28.3. The summed E-state index contributed by atoms with van der Waals surface area (Å²) in [5.74, 6) is 1.33. The molecular weight excluding hydrogens is 309 g/mol. The normalized spacial score (nSPS) is 13.0. The molecule has 0 aliphatic heterocycles. The van der Waals surface area contributed by atoms with E-state index in [-0.39, 0.29) is 0 Å². The van der Waals surface area contributed by atoms with E-state index in [9.17, 15) is 18.0 Å². The van der Waals surface area contributed by atoms with Crippen molar-refractivity contribution in [2.75, 3.05) is 7.11 Å². The smallest absolute Gasteiger partial charge is 0.390 e. The minimum atomic E-state index is -4.29. The van der Waals surface area contributed by atoms with E-state index in [0.717, 1.165) is 0 Å². The zero-order valence-corrected chi connectivity index (χ0v) is 14.0. The molecule has 22 heavy (non-hydrogen) atoms. The summed E-state index contributed by atoms with van der Waals surface area (Å²) in [6.07, 6.45) is -5.29. The molecule has 1 rings (SSSR count). The van der Waals surface area contributed by atoms with Gasteiger partial charge in [-0.2, -0.15) is 13.2 Å². The molecule has 1 aromatic carbocycles. The number of carbonyl (C=O) groups excluding carboxylic acids is 1. The van der Waals surface area contributed by atoms with Crippen LogP contribution in [-0.4, -0.2) is 27.3 Å². The molecule has 0 amide bonds. The van der Waals surface area contributed by atoms with Crippen LogP contribution in [0.4, 0.5) is 13.2 Å². The van der Waals surface area contributed by atoms with Gasteiger partial charge in [0.15, 0.2) is 0 Å². The van der Waals surface area contributed by atoms with Crippen molar-refractivity contribution in [1.29, 1.82) is 0 Å². The molecule has 120 valence electrons. The molecule has 0 bridgehead atoms. The Morgan fingerprint density at radius 1 is 1.23 bits per heavy atom. The SMILES string of the molecule is COC(=O)c1ccc([C@@H](C#C[Si](C)(C)C)CC(F)(F)F)cc1. The van der Waals surface area contributed by atoms with E-state index in [1.54, 1.807) is 0 Å². The van der Waals surface area contributed by atoms with Crippen LogP contribution in [0.15, 0.2) is 24.3 Å². The maximum atomic E-state index is 12.7. The Kier molecular flexibility index (Phi) is 5.83. The van der Waals surface area contributed by atoms with Crippen LogP contribution in [0, 0.1) is 11.5 Å². The average molecular weight is 328 g/mol. The van der Waals surface area contributed by atoms with Crippen LogP contribution >= 0.6 is 0 Å². The second-order valence-corrected chi connectivity index (χ2v) is 10.8. The van der Waals surface area contributed by atoms with Crippen LogP contribution in [0.3, 0.4) is 0 Å². The van der Waals surface area contributed by atoms with Crippen LogP contribution < -0.4 is 0 Å². The highest BCUT2D eigenvalue weighted by Crippen LogP contribution is 2.31. The number of carbonyl (C=O) groups is 1. The van der Waals surface area contributed by atoms with Gasteiger partial charge in [-0.25, -0.2) is 4.79 Å². The Morgan fingerprint density at radius 3 is 2.18 bits per heavy atom. The fraction of sp³-hybridized carbons (Fsp3) is 0.438. The third kappa shape index (κ3) is 6.35. The Hall–Kier alpha value is -1.74. The monoisotopic (exact) mass is 328 g/mol. The first-order valence-corrected chi connectivity index (χ1v) is 10.3. The summed E-state index contributed by atoms with van der Waals surface area (Å²) in [6.45, 7) is 5.93. The summed E-state index contributed by atoms with van der Waals surface area (Å²) in [5, 5.41) is 0. The second-order valence-electron chi connectivity index (χ2n) is 6.00. The van der Waals surface area contributed by atoms with Crippen LogP contribution in [0.1, 0.15) is 28.3 Å². The van der Waals surface area contributed by atoms with E-state index >= 15 is 0 Å². The van der Waals surface area contributed by atoms with Gasteiger partial charge in [0.25, 0.3) is 0 Å². The average Bonchev–Trinajstić information content (AvgIpc) is 2.40. The molecule has 1 atom stereocenters. The molecule has 1 aromatic rings.